The fraction of sp³-hybridized carbons (Fsp3) is 0.562. The fourth-order valence-electron chi connectivity index (χ4n) is 2.50. The smallest absolute Gasteiger partial charge is 0.254 e. The molecule has 0 aliphatic carbocycles. The summed E-state index contributed by atoms with van der Waals surface area (Å²) >= 11 is 0. The number of amides is 1. The van der Waals surface area contributed by atoms with Crippen LogP contribution in [0.15, 0.2) is 18.2 Å². The highest BCUT2D eigenvalue weighted by Crippen LogP contribution is 2.09. The zero-order chi connectivity index (χ0) is 15.9. The second-order valence-corrected chi connectivity index (χ2v) is 5.73. The zero-order valence-corrected chi connectivity index (χ0v) is 12.9. The highest BCUT2D eigenvalue weighted by molar-refractivity contribution is 5.94. The molecule has 1 aliphatic heterocycles. The number of halogens is 2. The summed E-state index contributed by atoms with van der Waals surface area (Å²) in [5.41, 5.74) is -0.111. The van der Waals surface area contributed by atoms with Gasteiger partial charge in [-0.25, -0.2) is 8.78 Å². The highest BCUT2D eigenvalue weighted by atomic mass is 19.1. The maximum atomic E-state index is 13.4. The molecule has 6 heteroatoms. The zero-order valence-electron chi connectivity index (χ0n) is 12.9. The topological polar surface area (TPSA) is 35.6 Å². The Labute approximate surface area is 130 Å². The third kappa shape index (κ3) is 5.03. The normalized spacial score (nSPS) is 16.7. The number of piperazine rings is 1. The van der Waals surface area contributed by atoms with E-state index in [2.05, 4.69) is 22.2 Å². The van der Waals surface area contributed by atoms with Crippen LogP contribution in [0.4, 0.5) is 8.78 Å². The summed E-state index contributed by atoms with van der Waals surface area (Å²) in [4.78, 5) is 16.5. The van der Waals surface area contributed by atoms with Gasteiger partial charge >= 0.3 is 0 Å². The lowest BCUT2D eigenvalue weighted by molar-refractivity contribution is 0.0947. The van der Waals surface area contributed by atoms with Crippen LogP contribution in [0.3, 0.4) is 0 Å². The number of unbranched alkanes of at least 4 members (excludes halogenated alkanes) is 1. The van der Waals surface area contributed by atoms with Crippen molar-refractivity contribution in [2.24, 2.45) is 0 Å². The molecule has 0 bridgehead atoms. The van der Waals surface area contributed by atoms with E-state index in [0.717, 1.165) is 57.7 Å². The molecule has 1 aliphatic rings. The Kier molecular flexibility index (Phi) is 6.27. The van der Waals surface area contributed by atoms with E-state index in [1.807, 2.05) is 0 Å². The van der Waals surface area contributed by atoms with Crippen LogP contribution < -0.4 is 5.32 Å². The molecule has 1 fully saturated rings. The maximum absolute atomic E-state index is 13.4. The van der Waals surface area contributed by atoms with Gasteiger partial charge in [0.15, 0.2) is 0 Å². The van der Waals surface area contributed by atoms with Gasteiger partial charge in [-0.2, -0.15) is 0 Å². The summed E-state index contributed by atoms with van der Waals surface area (Å²) in [5, 5.41) is 2.68. The van der Waals surface area contributed by atoms with E-state index in [1.165, 1.54) is 6.07 Å². The number of nitrogens with zero attached hydrogens (tertiary/aromatic N) is 2. The number of nitrogens with one attached hydrogen (secondary N) is 1. The second kappa shape index (κ2) is 8.19. The number of hydrogen-bond donors (Lipinski definition) is 1. The van der Waals surface area contributed by atoms with Crippen molar-refractivity contribution in [3.63, 3.8) is 0 Å². The molecule has 0 spiro atoms. The Hall–Kier alpha value is -1.53. The first-order valence-electron chi connectivity index (χ1n) is 7.70. The first kappa shape index (κ1) is 16.8. The van der Waals surface area contributed by atoms with Crippen LogP contribution in [0.1, 0.15) is 23.2 Å². The van der Waals surface area contributed by atoms with Gasteiger partial charge in [0.2, 0.25) is 0 Å². The van der Waals surface area contributed by atoms with Gasteiger partial charge in [0.05, 0.1) is 5.56 Å². The van der Waals surface area contributed by atoms with Crippen molar-refractivity contribution in [1.29, 1.82) is 0 Å². The van der Waals surface area contributed by atoms with Gasteiger partial charge in [-0.1, -0.05) is 0 Å². The summed E-state index contributed by atoms with van der Waals surface area (Å²) in [6.45, 7) is 5.90. The van der Waals surface area contributed by atoms with Crippen LogP contribution in [0.5, 0.6) is 0 Å². The van der Waals surface area contributed by atoms with Crippen molar-refractivity contribution >= 4 is 5.91 Å². The number of carbonyl (C=O) groups is 1. The molecule has 0 radical (unpaired) electrons. The molecule has 0 aromatic heterocycles. The van der Waals surface area contributed by atoms with Crippen molar-refractivity contribution in [2.45, 2.75) is 12.8 Å². The Bertz CT molecular complexity index is 502. The summed E-state index contributed by atoms with van der Waals surface area (Å²) in [7, 11) is 2.13. The van der Waals surface area contributed by atoms with Gasteiger partial charge in [0.25, 0.3) is 5.91 Å². The van der Waals surface area contributed by atoms with Gasteiger partial charge in [-0.15, -0.1) is 0 Å². The summed E-state index contributed by atoms with van der Waals surface area (Å²) < 4.78 is 26.2. The maximum Gasteiger partial charge on any atom is 0.254 e. The SMILES string of the molecule is CN1CCN(CCCCNC(=O)c2ccc(F)cc2F)CC1. The molecule has 0 saturated carbocycles. The molecular weight excluding hydrogens is 288 g/mol. The van der Waals surface area contributed by atoms with E-state index in [0.29, 0.717) is 6.54 Å². The van der Waals surface area contributed by atoms with Crippen LogP contribution in [0, 0.1) is 11.6 Å². The Morgan fingerprint density at radius 1 is 1.18 bits per heavy atom. The standard InChI is InChI=1S/C16H23F2N3O/c1-20-8-10-21(11-9-20)7-3-2-6-19-16(22)14-5-4-13(17)12-15(14)18/h4-5,12H,2-3,6-11H2,1H3,(H,19,22). The average Bonchev–Trinajstić information content (AvgIpc) is 2.48. The van der Waals surface area contributed by atoms with Crippen molar-refractivity contribution in [1.82, 2.24) is 15.1 Å². The third-order valence-electron chi connectivity index (χ3n) is 3.96. The number of hydrogen-bond acceptors (Lipinski definition) is 3. The molecular formula is C16H23F2N3O. The van der Waals surface area contributed by atoms with Crippen LogP contribution in [-0.4, -0.2) is 62.0 Å². The van der Waals surface area contributed by atoms with E-state index in [4.69, 9.17) is 0 Å². The van der Waals surface area contributed by atoms with E-state index < -0.39 is 17.5 Å². The molecule has 1 amide bonds. The van der Waals surface area contributed by atoms with E-state index >= 15 is 0 Å². The Morgan fingerprint density at radius 3 is 2.59 bits per heavy atom. The lowest BCUT2D eigenvalue weighted by atomic mass is 10.2. The molecule has 0 atom stereocenters. The number of carbonyl (C=O) groups excluding carboxylic acids is 1. The Balaban J connectivity index is 1.63. The minimum Gasteiger partial charge on any atom is -0.352 e. The molecule has 22 heavy (non-hydrogen) atoms. The summed E-state index contributed by atoms with van der Waals surface area (Å²) in [6.07, 6.45) is 1.84. The monoisotopic (exact) mass is 311 g/mol. The molecule has 1 heterocycles. The predicted molar refractivity (Wildman–Crippen MR) is 81.9 cm³/mol. The molecule has 0 unspecified atom stereocenters. The third-order valence-corrected chi connectivity index (χ3v) is 3.96. The van der Waals surface area contributed by atoms with Crippen LogP contribution in [-0.2, 0) is 0 Å². The van der Waals surface area contributed by atoms with E-state index in [-0.39, 0.29) is 5.56 Å². The van der Waals surface area contributed by atoms with Crippen molar-refractivity contribution in [3.8, 4) is 0 Å². The predicted octanol–water partition coefficient (Wildman–Crippen LogP) is 1.72. The second-order valence-electron chi connectivity index (χ2n) is 5.73. The Morgan fingerprint density at radius 2 is 1.91 bits per heavy atom. The first-order valence-corrected chi connectivity index (χ1v) is 7.70. The van der Waals surface area contributed by atoms with Gasteiger partial charge in [-0.05, 0) is 38.6 Å². The molecule has 1 saturated heterocycles. The van der Waals surface area contributed by atoms with Gasteiger partial charge < -0.3 is 15.1 Å². The fourth-order valence-corrected chi connectivity index (χ4v) is 2.50. The largest absolute Gasteiger partial charge is 0.352 e. The minimum absolute atomic E-state index is 0.111. The van der Waals surface area contributed by atoms with E-state index in [1.54, 1.807) is 0 Å². The molecule has 1 aromatic carbocycles. The lowest BCUT2D eigenvalue weighted by Gasteiger charge is -2.32. The molecule has 4 nitrogen and oxygen atoms in total. The molecule has 1 N–H and O–H groups in total. The summed E-state index contributed by atoms with van der Waals surface area (Å²) in [5.74, 6) is -1.99. The van der Waals surface area contributed by atoms with Gasteiger partial charge in [-0.3, -0.25) is 4.79 Å². The molecule has 122 valence electrons. The molecule has 1 aromatic rings. The van der Waals surface area contributed by atoms with Crippen LogP contribution >= 0.6 is 0 Å². The van der Waals surface area contributed by atoms with Crippen molar-refractivity contribution < 1.29 is 13.6 Å². The van der Waals surface area contributed by atoms with Gasteiger partial charge in [0.1, 0.15) is 11.6 Å². The number of rotatable bonds is 6. The van der Waals surface area contributed by atoms with Crippen molar-refractivity contribution in [2.75, 3.05) is 46.3 Å². The number of likely N-dealkylation sites (N-methyl/N-ethyl adjacent to an activating group) is 1. The quantitative estimate of drug-likeness (QED) is 0.813. The van der Waals surface area contributed by atoms with Crippen molar-refractivity contribution in [3.05, 3.63) is 35.4 Å². The minimum atomic E-state index is -0.824. The number of benzene rings is 1. The molecule has 2 rings (SSSR count). The summed E-state index contributed by atoms with van der Waals surface area (Å²) in [6, 6.07) is 2.98. The highest BCUT2D eigenvalue weighted by Gasteiger charge is 2.13. The first-order chi connectivity index (χ1) is 10.6. The average molecular weight is 311 g/mol. The van der Waals surface area contributed by atoms with Crippen LogP contribution in [0.2, 0.25) is 0 Å². The van der Waals surface area contributed by atoms with E-state index in [9.17, 15) is 13.6 Å². The van der Waals surface area contributed by atoms with Crippen LogP contribution in [0.25, 0.3) is 0 Å². The van der Waals surface area contributed by atoms with Gasteiger partial charge in [0, 0.05) is 38.8 Å². The lowest BCUT2D eigenvalue weighted by Crippen LogP contribution is -2.44.